The third-order valence-corrected chi connectivity index (χ3v) is 5.71. The average Bonchev–Trinajstić information content (AvgIpc) is 3.14. The van der Waals surface area contributed by atoms with Crippen molar-refractivity contribution in [3.63, 3.8) is 0 Å². The first-order valence-corrected chi connectivity index (χ1v) is 9.45. The number of fused-ring (bicyclic) bond motifs is 1. The first-order chi connectivity index (χ1) is 11.7. The highest BCUT2D eigenvalue weighted by Crippen LogP contribution is 2.37. The molecule has 0 atom stereocenters. The van der Waals surface area contributed by atoms with Gasteiger partial charge in [0.05, 0.1) is 0 Å². The topological polar surface area (TPSA) is 49.4 Å². The van der Waals surface area contributed by atoms with Gasteiger partial charge in [0.1, 0.15) is 0 Å². The Morgan fingerprint density at radius 3 is 2.67 bits per heavy atom. The molecule has 1 aromatic rings. The quantitative estimate of drug-likeness (QED) is 0.892. The Balaban J connectivity index is 1.38. The molecule has 2 aliphatic carbocycles. The molecule has 1 aliphatic heterocycles. The Labute approximate surface area is 143 Å². The molecule has 0 saturated heterocycles. The van der Waals surface area contributed by atoms with E-state index in [1.165, 1.54) is 31.2 Å². The van der Waals surface area contributed by atoms with Crippen LogP contribution in [-0.2, 0) is 16.0 Å². The number of rotatable bonds is 5. The van der Waals surface area contributed by atoms with Crippen molar-refractivity contribution in [2.75, 3.05) is 16.8 Å². The molecule has 4 nitrogen and oxygen atoms in total. The minimum Gasteiger partial charge on any atom is -0.326 e. The molecule has 0 bridgehead atoms. The van der Waals surface area contributed by atoms with Crippen LogP contribution < -0.4 is 10.2 Å². The number of anilines is 2. The van der Waals surface area contributed by atoms with Gasteiger partial charge in [-0.1, -0.05) is 31.7 Å². The third-order valence-electron chi connectivity index (χ3n) is 5.71. The third kappa shape index (κ3) is 3.33. The van der Waals surface area contributed by atoms with Gasteiger partial charge in [0.15, 0.2) is 0 Å². The lowest BCUT2D eigenvalue weighted by atomic mass is 10.0. The van der Waals surface area contributed by atoms with E-state index in [2.05, 4.69) is 11.4 Å². The van der Waals surface area contributed by atoms with Crippen LogP contribution in [0.15, 0.2) is 18.2 Å². The number of benzene rings is 1. The van der Waals surface area contributed by atoms with Gasteiger partial charge < -0.3 is 10.2 Å². The highest BCUT2D eigenvalue weighted by molar-refractivity contribution is 5.99. The van der Waals surface area contributed by atoms with E-state index in [0.29, 0.717) is 6.42 Å². The molecular formula is C20H26N2O2. The van der Waals surface area contributed by atoms with E-state index in [9.17, 15) is 9.59 Å². The summed E-state index contributed by atoms with van der Waals surface area (Å²) in [7, 11) is 0. The Hall–Kier alpha value is -1.84. The summed E-state index contributed by atoms with van der Waals surface area (Å²) in [5.41, 5.74) is 3.04. The fourth-order valence-electron chi connectivity index (χ4n) is 4.09. The average molecular weight is 326 g/mol. The molecule has 0 unspecified atom stereocenters. The lowest BCUT2D eigenvalue weighted by molar-refractivity contribution is -0.119. The summed E-state index contributed by atoms with van der Waals surface area (Å²) in [6, 6.07) is 6.01. The lowest BCUT2D eigenvalue weighted by Gasteiger charge is -2.18. The molecule has 1 heterocycles. The number of hydrogen-bond acceptors (Lipinski definition) is 2. The number of nitrogens with zero attached hydrogens (tertiary/aromatic N) is 1. The van der Waals surface area contributed by atoms with Crippen LogP contribution in [0.1, 0.15) is 56.9 Å². The van der Waals surface area contributed by atoms with Crippen molar-refractivity contribution in [1.29, 1.82) is 0 Å². The highest BCUT2D eigenvalue weighted by Gasteiger charge is 2.36. The van der Waals surface area contributed by atoms with E-state index >= 15 is 0 Å². The molecule has 3 aliphatic rings. The molecular weight excluding hydrogens is 300 g/mol. The van der Waals surface area contributed by atoms with Crippen molar-refractivity contribution in [3.8, 4) is 0 Å². The molecule has 0 spiro atoms. The van der Waals surface area contributed by atoms with Gasteiger partial charge in [-0.25, -0.2) is 0 Å². The van der Waals surface area contributed by atoms with Gasteiger partial charge in [-0.05, 0) is 49.3 Å². The van der Waals surface area contributed by atoms with Crippen LogP contribution in [0.3, 0.4) is 0 Å². The van der Waals surface area contributed by atoms with Crippen molar-refractivity contribution >= 4 is 23.2 Å². The van der Waals surface area contributed by atoms with Gasteiger partial charge in [-0.2, -0.15) is 0 Å². The van der Waals surface area contributed by atoms with Crippen molar-refractivity contribution in [2.24, 2.45) is 11.8 Å². The van der Waals surface area contributed by atoms with Crippen LogP contribution >= 0.6 is 0 Å². The second kappa shape index (κ2) is 6.58. The van der Waals surface area contributed by atoms with Crippen LogP contribution in [0.4, 0.5) is 11.4 Å². The summed E-state index contributed by atoms with van der Waals surface area (Å²) in [5.74, 6) is 1.33. The second-order valence-electron chi connectivity index (χ2n) is 7.59. The summed E-state index contributed by atoms with van der Waals surface area (Å²) in [6.07, 6.45) is 9.79. The van der Waals surface area contributed by atoms with Gasteiger partial charge in [-0.3, -0.25) is 9.59 Å². The Morgan fingerprint density at radius 1 is 1.12 bits per heavy atom. The van der Waals surface area contributed by atoms with Crippen molar-refractivity contribution in [3.05, 3.63) is 23.8 Å². The zero-order chi connectivity index (χ0) is 16.5. The normalized spacial score (nSPS) is 20.2. The zero-order valence-electron chi connectivity index (χ0n) is 14.2. The lowest BCUT2D eigenvalue weighted by Crippen LogP contribution is -2.30. The predicted molar refractivity (Wildman–Crippen MR) is 95.0 cm³/mol. The zero-order valence-corrected chi connectivity index (χ0v) is 14.2. The van der Waals surface area contributed by atoms with Crippen molar-refractivity contribution < 1.29 is 9.59 Å². The Bertz CT molecular complexity index is 645. The van der Waals surface area contributed by atoms with Gasteiger partial charge in [0.25, 0.3) is 0 Å². The van der Waals surface area contributed by atoms with E-state index in [4.69, 9.17) is 0 Å². The first-order valence-electron chi connectivity index (χ1n) is 9.45. The van der Waals surface area contributed by atoms with E-state index in [1.54, 1.807) is 0 Å². The highest BCUT2D eigenvalue weighted by atomic mass is 16.2. The van der Waals surface area contributed by atoms with Gasteiger partial charge in [0.2, 0.25) is 11.8 Å². The molecule has 2 amide bonds. The number of carbonyl (C=O) groups is 2. The summed E-state index contributed by atoms with van der Waals surface area (Å²) < 4.78 is 0. The maximum absolute atomic E-state index is 12.4. The number of amides is 2. The standard InChI is InChI=1S/C20H26N2O2/c23-19(10-5-14-3-1-2-4-14)21-17-9-8-15-11-12-22(18(15)13-17)20(24)16-6-7-16/h8-9,13-14,16H,1-7,10-12H2,(H,21,23). The molecule has 1 aromatic carbocycles. The van der Waals surface area contributed by atoms with E-state index in [0.717, 1.165) is 49.5 Å². The van der Waals surface area contributed by atoms with Crippen molar-refractivity contribution in [2.45, 2.75) is 57.8 Å². The predicted octanol–water partition coefficient (Wildman–Crippen LogP) is 3.89. The summed E-state index contributed by atoms with van der Waals surface area (Å²) in [6.45, 7) is 0.781. The maximum Gasteiger partial charge on any atom is 0.230 e. The molecule has 2 saturated carbocycles. The smallest absolute Gasteiger partial charge is 0.230 e. The fraction of sp³-hybridized carbons (Fsp3) is 0.600. The maximum atomic E-state index is 12.4. The minimum atomic E-state index is 0.0971. The van der Waals surface area contributed by atoms with Gasteiger partial charge >= 0.3 is 0 Å². The molecule has 4 heteroatoms. The van der Waals surface area contributed by atoms with Crippen LogP contribution in [-0.4, -0.2) is 18.4 Å². The second-order valence-corrected chi connectivity index (χ2v) is 7.59. The van der Waals surface area contributed by atoms with Crippen molar-refractivity contribution in [1.82, 2.24) is 0 Å². The van der Waals surface area contributed by atoms with Gasteiger partial charge in [0, 0.05) is 30.3 Å². The summed E-state index contributed by atoms with van der Waals surface area (Å²) in [4.78, 5) is 26.5. The molecule has 4 rings (SSSR count). The summed E-state index contributed by atoms with van der Waals surface area (Å²) >= 11 is 0. The monoisotopic (exact) mass is 326 g/mol. The van der Waals surface area contributed by atoms with Crippen LogP contribution in [0.25, 0.3) is 0 Å². The Kier molecular flexibility index (Phi) is 4.30. The van der Waals surface area contributed by atoms with Crippen LogP contribution in [0, 0.1) is 11.8 Å². The van der Waals surface area contributed by atoms with Gasteiger partial charge in [-0.15, -0.1) is 0 Å². The first kappa shape index (κ1) is 15.7. The molecule has 1 N–H and O–H groups in total. The van der Waals surface area contributed by atoms with Crippen LogP contribution in [0.2, 0.25) is 0 Å². The van der Waals surface area contributed by atoms with Crippen LogP contribution in [0.5, 0.6) is 0 Å². The molecule has 2 fully saturated rings. The number of nitrogens with one attached hydrogen (secondary N) is 1. The fourth-order valence-corrected chi connectivity index (χ4v) is 4.09. The largest absolute Gasteiger partial charge is 0.326 e. The minimum absolute atomic E-state index is 0.0971. The van der Waals surface area contributed by atoms with E-state index in [1.807, 2.05) is 17.0 Å². The SMILES string of the molecule is O=C(CCC1CCCC1)Nc1ccc2c(c1)N(C(=O)C1CC1)CC2. The number of hydrogen-bond donors (Lipinski definition) is 1. The summed E-state index contributed by atoms with van der Waals surface area (Å²) in [5, 5.41) is 3.02. The molecule has 0 radical (unpaired) electrons. The van der Waals surface area contributed by atoms with E-state index in [-0.39, 0.29) is 17.7 Å². The number of carbonyl (C=O) groups excluding carboxylic acids is 2. The Morgan fingerprint density at radius 2 is 1.92 bits per heavy atom. The molecule has 24 heavy (non-hydrogen) atoms. The molecule has 128 valence electrons. The molecule has 0 aromatic heterocycles. The van der Waals surface area contributed by atoms with E-state index < -0.39 is 0 Å².